The number of rotatable bonds is 2. The number of fused-ring (bicyclic) bond motifs is 4. The first kappa shape index (κ1) is 12.4. The SMILES string of the molecule is Fc1cccc(Cl)c1CN1C[C@H]2CC[C@@H](C1)NC2. The summed E-state index contributed by atoms with van der Waals surface area (Å²) in [4.78, 5) is 2.34. The van der Waals surface area contributed by atoms with Gasteiger partial charge in [-0.3, -0.25) is 4.90 Å². The van der Waals surface area contributed by atoms with Gasteiger partial charge in [0.25, 0.3) is 0 Å². The van der Waals surface area contributed by atoms with Gasteiger partial charge in [0.1, 0.15) is 5.82 Å². The number of hydrogen-bond acceptors (Lipinski definition) is 2. The predicted molar refractivity (Wildman–Crippen MR) is 71.2 cm³/mol. The van der Waals surface area contributed by atoms with Crippen LogP contribution in [0, 0.1) is 11.7 Å². The molecular weight excluding hydrogens is 251 g/mol. The van der Waals surface area contributed by atoms with E-state index in [0.29, 0.717) is 29.1 Å². The molecule has 2 nitrogen and oxygen atoms in total. The maximum absolute atomic E-state index is 13.8. The number of nitrogens with zero attached hydrogens (tertiary/aromatic N) is 1. The quantitative estimate of drug-likeness (QED) is 0.887. The van der Waals surface area contributed by atoms with Crippen LogP contribution >= 0.6 is 11.6 Å². The second-order valence-corrected chi connectivity index (χ2v) is 5.85. The molecule has 0 saturated carbocycles. The van der Waals surface area contributed by atoms with E-state index in [0.717, 1.165) is 19.6 Å². The summed E-state index contributed by atoms with van der Waals surface area (Å²) in [7, 11) is 0. The predicted octanol–water partition coefficient (Wildman–Crippen LogP) is 2.66. The third kappa shape index (κ3) is 2.53. The highest BCUT2D eigenvalue weighted by atomic mass is 35.5. The molecule has 0 aliphatic carbocycles. The number of piperidine rings is 1. The zero-order valence-electron chi connectivity index (χ0n) is 10.3. The van der Waals surface area contributed by atoms with Crippen LogP contribution in [0.4, 0.5) is 4.39 Å². The molecule has 3 saturated heterocycles. The molecule has 1 aromatic rings. The van der Waals surface area contributed by atoms with Crippen molar-refractivity contribution >= 4 is 11.6 Å². The summed E-state index contributed by atoms with van der Waals surface area (Å²) in [5.74, 6) is 0.515. The second kappa shape index (κ2) is 5.16. The van der Waals surface area contributed by atoms with E-state index in [1.54, 1.807) is 12.1 Å². The van der Waals surface area contributed by atoms with Crippen LogP contribution < -0.4 is 5.32 Å². The molecule has 0 aromatic heterocycles. The summed E-state index contributed by atoms with van der Waals surface area (Å²) < 4.78 is 13.8. The van der Waals surface area contributed by atoms with E-state index in [2.05, 4.69) is 10.2 Å². The smallest absolute Gasteiger partial charge is 0.129 e. The minimum Gasteiger partial charge on any atom is -0.312 e. The fourth-order valence-corrected chi connectivity index (χ4v) is 3.30. The van der Waals surface area contributed by atoms with E-state index >= 15 is 0 Å². The van der Waals surface area contributed by atoms with Crippen molar-refractivity contribution in [1.29, 1.82) is 0 Å². The summed E-state index contributed by atoms with van der Waals surface area (Å²) >= 11 is 6.10. The normalized spacial score (nSPS) is 28.3. The van der Waals surface area contributed by atoms with E-state index in [-0.39, 0.29) is 5.82 Å². The average Bonchev–Trinajstić information content (AvgIpc) is 2.66. The molecule has 0 amide bonds. The minimum atomic E-state index is -0.188. The molecule has 1 N–H and O–H groups in total. The van der Waals surface area contributed by atoms with Gasteiger partial charge in [0.05, 0.1) is 0 Å². The van der Waals surface area contributed by atoms with Gasteiger partial charge in [0, 0.05) is 36.3 Å². The highest BCUT2D eigenvalue weighted by molar-refractivity contribution is 6.31. The van der Waals surface area contributed by atoms with Crippen molar-refractivity contribution in [3.05, 3.63) is 34.6 Å². The molecule has 3 aliphatic heterocycles. The van der Waals surface area contributed by atoms with Crippen molar-refractivity contribution in [2.75, 3.05) is 19.6 Å². The summed E-state index contributed by atoms with van der Waals surface area (Å²) in [6, 6.07) is 5.49. The van der Waals surface area contributed by atoms with E-state index < -0.39 is 0 Å². The number of nitrogens with one attached hydrogen (secondary N) is 1. The van der Waals surface area contributed by atoms with Gasteiger partial charge in [-0.25, -0.2) is 4.39 Å². The zero-order chi connectivity index (χ0) is 12.5. The van der Waals surface area contributed by atoms with E-state index in [1.807, 2.05) is 0 Å². The number of hydrogen-bond donors (Lipinski definition) is 1. The van der Waals surface area contributed by atoms with Crippen molar-refractivity contribution in [3.63, 3.8) is 0 Å². The molecule has 2 atom stereocenters. The Labute approximate surface area is 112 Å². The Morgan fingerprint density at radius 2 is 2.22 bits per heavy atom. The summed E-state index contributed by atoms with van der Waals surface area (Å²) in [5, 5.41) is 4.10. The first-order chi connectivity index (χ1) is 8.72. The largest absolute Gasteiger partial charge is 0.312 e. The van der Waals surface area contributed by atoms with Gasteiger partial charge in [-0.15, -0.1) is 0 Å². The third-order valence-corrected chi connectivity index (χ3v) is 4.41. The van der Waals surface area contributed by atoms with E-state index in [4.69, 9.17) is 11.6 Å². The van der Waals surface area contributed by atoms with Crippen molar-refractivity contribution < 1.29 is 4.39 Å². The van der Waals surface area contributed by atoms with Crippen LogP contribution in [0.3, 0.4) is 0 Å². The summed E-state index contributed by atoms with van der Waals surface area (Å²) in [5.41, 5.74) is 0.639. The van der Waals surface area contributed by atoms with Gasteiger partial charge in [-0.2, -0.15) is 0 Å². The Balaban J connectivity index is 1.76. The lowest BCUT2D eigenvalue weighted by molar-refractivity contribution is 0.252. The molecule has 3 aliphatic rings. The highest BCUT2D eigenvalue weighted by Crippen LogP contribution is 2.25. The standard InChI is InChI=1S/C14H18ClFN2/c15-13-2-1-3-14(16)12(13)9-18-7-10-4-5-11(8-18)17-6-10/h1-3,10-11,17H,4-9H2/t10-,11-/m0/s1. The van der Waals surface area contributed by atoms with Gasteiger partial charge >= 0.3 is 0 Å². The van der Waals surface area contributed by atoms with Gasteiger partial charge in [-0.1, -0.05) is 17.7 Å². The lowest BCUT2D eigenvalue weighted by Gasteiger charge is -2.23. The highest BCUT2D eigenvalue weighted by Gasteiger charge is 2.29. The number of halogens is 2. The van der Waals surface area contributed by atoms with Crippen molar-refractivity contribution in [2.45, 2.75) is 25.4 Å². The molecule has 0 radical (unpaired) electrons. The van der Waals surface area contributed by atoms with Gasteiger partial charge in [-0.05, 0) is 37.4 Å². The molecule has 1 aromatic carbocycles. The molecule has 2 bridgehead atoms. The molecule has 0 spiro atoms. The summed E-state index contributed by atoms with van der Waals surface area (Å²) in [6.07, 6.45) is 2.53. The molecule has 3 heterocycles. The lowest BCUT2D eigenvalue weighted by Crippen LogP contribution is -2.39. The zero-order valence-corrected chi connectivity index (χ0v) is 11.1. The molecule has 98 valence electrons. The van der Waals surface area contributed by atoms with Crippen LogP contribution in [-0.4, -0.2) is 30.6 Å². The summed E-state index contributed by atoms with van der Waals surface area (Å²) in [6.45, 7) is 3.78. The maximum atomic E-state index is 13.8. The number of benzene rings is 1. The van der Waals surface area contributed by atoms with Gasteiger partial charge in [0.15, 0.2) is 0 Å². The second-order valence-electron chi connectivity index (χ2n) is 5.44. The van der Waals surface area contributed by atoms with Gasteiger partial charge < -0.3 is 5.32 Å². The van der Waals surface area contributed by atoms with Crippen molar-refractivity contribution in [2.24, 2.45) is 5.92 Å². The van der Waals surface area contributed by atoms with E-state index in [9.17, 15) is 4.39 Å². The molecule has 4 rings (SSSR count). The van der Waals surface area contributed by atoms with Crippen molar-refractivity contribution in [1.82, 2.24) is 10.2 Å². The minimum absolute atomic E-state index is 0.188. The molecule has 0 unspecified atom stereocenters. The molecule has 4 heteroatoms. The van der Waals surface area contributed by atoms with Crippen LogP contribution in [0.2, 0.25) is 5.02 Å². The Bertz CT molecular complexity index is 396. The molecular formula is C14H18ClFN2. The monoisotopic (exact) mass is 268 g/mol. The Morgan fingerprint density at radius 3 is 2.94 bits per heavy atom. The van der Waals surface area contributed by atoms with Crippen LogP contribution in [0.5, 0.6) is 0 Å². The molecule has 3 fully saturated rings. The van der Waals surface area contributed by atoms with Crippen LogP contribution in [0.15, 0.2) is 18.2 Å². The molecule has 18 heavy (non-hydrogen) atoms. The third-order valence-electron chi connectivity index (χ3n) is 4.06. The van der Waals surface area contributed by atoms with Crippen LogP contribution in [0.25, 0.3) is 0 Å². The first-order valence-corrected chi connectivity index (χ1v) is 6.99. The Kier molecular flexibility index (Phi) is 3.55. The van der Waals surface area contributed by atoms with E-state index in [1.165, 1.54) is 18.9 Å². The average molecular weight is 269 g/mol. The van der Waals surface area contributed by atoms with Crippen LogP contribution in [0.1, 0.15) is 18.4 Å². The maximum Gasteiger partial charge on any atom is 0.129 e. The fourth-order valence-electron chi connectivity index (χ4n) is 3.07. The Morgan fingerprint density at radius 1 is 1.33 bits per heavy atom. The Hall–Kier alpha value is -0.640. The van der Waals surface area contributed by atoms with Crippen LogP contribution in [-0.2, 0) is 6.54 Å². The lowest BCUT2D eigenvalue weighted by atomic mass is 9.97. The fraction of sp³-hybridized carbons (Fsp3) is 0.571. The first-order valence-electron chi connectivity index (χ1n) is 6.61. The topological polar surface area (TPSA) is 15.3 Å². The van der Waals surface area contributed by atoms with Gasteiger partial charge in [0.2, 0.25) is 0 Å². The van der Waals surface area contributed by atoms with Crippen molar-refractivity contribution in [3.8, 4) is 0 Å².